The molecule has 0 aliphatic rings. The van der Waals surface area contributed by atoms with Gasteiger partial charge < -0.3 is 20.3 Å². The first-order valence-electron chi connectivity index (χ1n) is 6.00. The van der Waals surface area contributed by atoms with Gasteiger partial charge in [-0.15, -0.1) is 0 Å². The second kappa shape index (κ2) is 8.84. The van der Waals surface area contributed by atoms with Gasteiger partial charge in [-0.3, -0.25) is 0 Å². The topological polar surface area (TPSA) is 64.7 Å². The van der Waals surface area contributed by atoms with Crippen LogP contribution >= 0.6 is 0 Å². The van der Waals surface area contributed by atoms with Gasteiger partial charge in [-0.05, 0) is 43.5 Å². The van der Waals surface area contributed by atoms with E-state index in [1.165, 1.54) is 0 Å². The van der Waals surface area contributed by atoms with Crippen molar-refractivity contribution in [2.24, 2.45) is 0 Å². The molecule has 17 heavy (non-hydrogen) atoms. The van der Waals surface area contributed by atoms with E-state index in [9.17, 15) is 0 Å². The number of hydrogen-bond donors (Lipinski definition) is 2. The molecule has 4 heteroatoms. The van der Waals surface area contributed by atoms with Gasteiger partial charge in [0.05, 0.1) is 19.8 Å². The van der Waals surface area contributed by atoms with Crippen molar-refractivity contribution in [3.8, 4) is 5.75 Å². The first-order chi connectivity index (χ1) is 8.33. The van der Waals surface area contributed by atoms with E-state index in [1.807, 2.05) is 24.3 Å². The van der Waals surface area contributed by atoms with Crippen molar-refractivity contribution in [3.05, 3.63) is 24.3 Å². The molecule has 0 atom stereocenters. The van der Waals surface area contributed by atoms with Crippen molar-refractivity contribution in [2.75, 3.05) is 32.2 Å². The Hall–Kier alpha value is -1.26. The first kappa shape index (κ1) is 13.8. The molecule has 0 radical (unpaired) electrons. The predicted octanol–water partition coefficient (Wildman–Crippen LogP) is 1.83. The number of benzene rings is 1. The van der Waals surface area contributed by atoms with Crippen LogP contribution in [0.4, 0.5) is 5.69 Å². The Morgan fingerprint density at radius 3 is 2.35 bits per heavy atom. The molecule has 0 fully saturated rings. The summed E-state index contributed by atoms with van der Waals surface area (Å²) in [5.41, 5.74) is 6.32. The van der Waals surface area contributed by atoms with E-state index < -0.39 is 0 Å². The van der Waals surface area contributed by atoms with E-state index in [-0.39, 0.29) is 6.61 Å². The summed E-state index contributed by atoms with van der Waals surface area (Å²) in [6.07, 6.45) is 3.08. The Morgan fingerprint density at radius 2 is 1.65 bits per heavy atom. The lowest BCUT2D eigenvalue weighted by molar-refractivity contribution is 0.0890. The van der Waals surface area contributed by atoms with E-state index in [0.717, 1.165) is 30.7 Å². The average molecular weight is 239 g/mol. The summed E-state index contributed by atoms with van der Waals surface area (Å²) in [4.78, 5) is 0. The number of aliphatic hydroxyl groups excluding tert-OH is 1. The molecule has 96 valence electrons. The van der Waals surface area contributed by atoms with Gasteiger partial charge in [-0.1, -0.05) is 0 Å². The first-order valence-corrected chi connectivity index (χ1v) is 6.00. The molecule has 0 heterocycles. The molecule has 4 nitrogen and oxygen atoms in total. The maximum Gasteiger partial charge on any atom is 0.119 e. The van der Waals surface area contributed by atoms with Crippen LogP contribution in [-0.4, -0.2) is 31.5 Å². The Kier molecular flexibility index (Phi) is 7.18. The van der Waals surface area contributed by atoms with Crippen molar-refractivity contribution in [2.45, 2.75) is 19.3 Å². The van der Waals surface area contributed by atoms with Gasteiger partial charge in [0.2, 0.25) is 0 Å². The van der Waals surface area contributed by atoms with Crippen molar-refractivity contribution in [1.29, 1.82) is 0 Å². The Bertz CT molecular complexity index is 287. The molecule has 0 bridgehead atoms. The van der Waals surface area contributed by atoms with Crippen LogP contribution in [0.5, 0.6) is 5.75 Å². The van der Waals surface area contributed by atoms with E-state index in [1.54, 1.807) is 0 Å². The van der Waals surface area contributed by atoms with E-state index in [0.29, 0.717) is 19.8 Å². The molecular formula is C13H21NO3. The third-order valence-corrected chi connectivity index (χ3v) is 2.32. The van der Waals surface area contributed by atoms with Gasteiger partial charge in [0.25, 0.3) is 0 Å². The van der Waals surface area contributed by atoms with E-state index >= 15 is 0 Å². The second-order valence-corrected chi connectivity index (χ2v) is 3.81. The third kappa shape index (κ3) is 6.81. The van der Waals surface area contributed by atoms with Gasteiger partial charge in [0.15, 0.2) is 0 Å². The number of nitrogens with two attached hydrogens (primary N) is 1. The maximum absolute atomic E-state index is 8.50. The zero-order chi connectivity index (χ0) is 12.3. The molecule has 0 aromatic heterocycles. The predicted molar refractivity (Wildman–Crippen MR) is 68.1 cm³/mol. The molecule has 3 N–H and O–H groups in total. The maximum atomic E-state index is 8.50. The number of ether oxygens (including phenoxy) is 2. The molecule has 0 aliphatic carbocycles. The largest absolute Gasteiger partial charge is 0.494 e. The number of unbranched alkanes of at least 4 members (excludes halogenated alkanes) is 2. The highest BCUT2D eigenvalue weighted by molar-refractivity contribution is 5.41. The molecule has 1 aromatic rings. The minimum absolute atomic E-state index is 0.0975. The summed E-state index contributed by atoms with van der Waals surface area (Å²) in [6, 6.07) is 7.41. The highest BCUT2D eigenvalue weighted by atomic mass is 16.5. The van der Waals surface area contributed by atoms with Crippen molar-refractivity contribution < 1.29 is 14.6 Å². The lowest BCUT2D eigenvalue weighted by Crippen LogP contribution is -2.02. The molecule has 1 rings (SSSR count). The third-order valence-electron chi connectivity index (χ3n) is 2.32. The summed E-state index contributed by atoms with van der Waals surface area (Å²) in [5, 5.41) is 8.50. The van der Waals surface area contributed by atoms with Gasteiger partial charge in [0.1, 0.15) is 5.75 Å². The van der Waals surface area contributed by atoms with Crippen molar-refractivity contribution in [1.82, 2.24) is 0 Å². The Balaban J connectivity index is 1.95. The molecule has 0 amide bonds. The van der Waals surface area contributed by atoms with Crippen LogP contribution in [0.15, 0.2) is 24.3 Å². The van der Waals surface area contributed by atoms with Crippen LogP contribution in [0, 0.1) is 0 Å². The fourth-order valence-electron chi connectivity index (χ4n) is 1.40. The Morgan fingerprint density at radius 1 is 0.941 bits per heavy atom. The average Bonchev–Trinajstić information content (AvgIpc) is 2.35. The molecular weight excluding hydrogens is 218 g/mol. The molecule has 0 saturated carbocycles. The van der Waals surface area contributed by atoms with Crippen LogP contribution < -0.4 is 10.5 Å². The molecule has 0 aliphatic heterocycles. The van der Waals surface area contributed by atoms with Gasteiger partial charge >= 0.3 is 0 Å². The van der Waals surface area contributed by atoms with Gasteiger partial charge in [0, 0.05) is 12.3 Å². The fraction of sp³-hybridized carbons (Fsp3) is 0.538. The monoisotopic (exact) mass is 239 g/mol. The smallest absolute Gasteiger partial charge is 0.119 e. The zero-order valence-electron chi connectivity index (χ0n) is 10.1. The second-order valence-electron chi connectivity index (χ2n) is 3.81. The summed E-state index contributed by atoms with van der Waals surface area (Å²) in [5.74, 6) is 0.857. The highest BCUT2D eigenvalue weighted by Gasteiger charge is 1.94. The lowest BCUT2D eigenvalue weighted by Gasteiger charge is -2.06. The minimum atomic E-state index is 0.0975. The van der Waals surface area contributed by atoms with Crippen LogP contribution in [0.1, 0.15) is 19.3 Å². The quantitative estimate of drug-likeness (QED) is 0.509. The Labute approximate surface area is 102 Å². The number of hydrogen-bond acceptors (Lipinski definition) is 4. The van der Waals surface area contributed by atoms with Gasteiger partial charge in [-0.2, -0.15) is 0 Å². The molecule has 1 aromatic carbocycles. The molecule has 0 spiro atoms. The normalized spacial score (nSPS) is 10.4. The number of anilines is 1. The number of rotatable bonds is 9. The highest BCUT2D eigenvalue weighted by Crippen LogP contribution is 2.13. The fourth-order valence-corrected chi connectivity index (χ4v) is 1.40. The number of aliphatic hydroxyl groups is 1. The van der Waals surface area contributed by atoms with E-state index in [2.05, 4.69) is 0 Å². The standard InChI is InChI=1S/C13H21NO3/c14-12-4-6-13(7-5-12)17-10-3-1-2-9-16-11-8-15/h4-7,15H,1-3,8-11,14H2. The van der Waals surface area contributed by atoms with Crippen molar-refractivity contribution >= 4 is 5.69 Å². The molecule has 0 unspecified atom stereocenters. The van der Waals surface area contributed by atoms with Gasteiger partial charge in [-0.25, -0.2) is 0 Å². The van der Waals surface area contributed by atoms with Crippen LogP contribution in [0.3, 0.4) is 0 Å². The van der Waals surface area contributed by atoms with E-state index in [4.69, 9.17) is 20.3 Å². The number of nitrogen functional groups attached to an aromatic ring is 1. The summed E-state index contributed by atoms with van der Waals surface area (Å²) in [7, 11) is 0. The summed E-state index contributed by atoms with van der Waals surface area (Å²) < 4.78 is 10.7. The minimum Gasteiger partial charge on any atom is -0.494 e. The van der Waals surface area contributed by atoms with Crippen LogP contribution in [-0.2, 0) is 4.74 Å². The SMILES string of the molecule is Nc1ccc(OCCCCCOCCO)cc1. The summed E-state index contributed by atoms with van der Waals surface area (Å²) >= 11 is 0. The van der Waals surface area contributed by atoms with Crippen LogP contribution in [0.2, 0.25) is 0 Å². The zero-order valence-corrected chi connectivity index (χ0v) is 10.1. The van der Waals surface area contributed by atoms with Crippen molar-refractivity contribution in [3.63, 3.8) is 0 Å². The lowest BCUT2D eigenvalue weighted by atomic mass is 10.2. The molecule has 0 saturated heterocycles. The summed E-state index contributed by atoms with van der Waals surface area (Å²) in [6.45, 7) is 1.95. The van der Waals surface area contributed by atoms with Crippen LogP contribution in [0.25, 0.3) is 0 Å².